The molecule has 0 aliphatic heterocycles. The summed E-state index contributed by atoms with van der Waals surface area (Å²) in [5, 5.41) is 49.3. The second-order valence-corrected chi connectivity index (χ2v) is 13.0. The first-order chi connectivity index (χ1) is 21.4. The molecule has 0 aromatic heterocycles. The van der Waals surface area contributed by atoms with Gasteiger partial charge in [-0.3, -0.25) is 18.6 Å². The Morgan fingerprint density at radius 3 is 1.71 bits per heavy atom. The highest BCUT2D eigenvalue weighted by molar-refractivity contribution is 7.47. The Bertz CT molecular complexity index is 870. The standard InChI is InChI=1S/C31H57O13P/c1-3-5-6-7-8-9-10-11-12-13-14-15-16-17-18-19-20-25(33)43-23(21-41-24(32)4-2)22-42-45(39,40)44-31-29(37)27(35)26(34)28(36)30(31)38/h12-13,23,26-31,34-38H,3-11,14-22H2,1-2H3,(H,39,40)/b13-12-. The van der Waals surface area contributed by atoms with E-state index in [0.29, 0.717) is 6.42 Å². The number of carbonyl (C=O) groups excluding carboxylic acids is 2. The molecule has 14 heteroatoms. The van der Waals surface area contributed by atoms with Crippen LogP contribution in [0.5, 0.6) is 0 Å². The lowest BCUT2D eigenvalue weighted by molar-refractivity contribution is -0.220. The van der Waals surface area contributed by atoms with Gasteiger partial charge < -0.3 is 39.9 Å². The smallest absolute Gasteiger partial charge is 0.462 e. The molecule has 6 N–H and O–H groups in total. The predicted octanol–water partition coefficient (Wildman–Crippen LogP) is 3.60. The third kappa shape index (κ3) is 17.9. The number of esters is 2. The molecule has 1 rings (SSSR count). The maximum Gasteiger partial charge on any atom is 0.472 e. The maximum absolute atomic E-state index is 12.5. The number of aliphatic hydroxyl groups is 5. The number of ether oxygens (including phenoxy) is 2. The van der Waals surface area contributed by atoms with Crippen LogP contribution >= 0.6 is 7.82 Å². The molecule has 0 amide bonds. The van der Waals surface area contributed by atoms with Crippen molar-refractivity contribution in [3.05, 3.63) is 12.2 Å². The molecule has 0 bridgehead atoms. The summed E-state index contributed by atoms with van der Waals surface area (Å²) in [5.41, 5.74) is 0. The van der Waals surface area contributed by atoms with Gasteiger partial charge in [-0.1, -0.05) is 83.8 Å². The third-order valence-electron chi connectivity index (χ3n) is 7.66. The molecule has 0 heterocycles. The van der Waals surface area contributed by atoms with Crippen LogP contribution in [0, 0.1) is 0 Å². The van der Waals surface area contributed by atoms with Gasteiger partial charge in [-0.25, -0.2) is 4.57 Å². The lowest BCUT2D eigenvalue weighted by Gasteiger charge is -2.41. The lowest BCUT2D eigenvalue weighted by Crippen LogP contribution is -2.64. The van der Waals surface area contributed by atoms with Gasteiger partial charge in [0.15, 0.2) is 6.10 Å². The zero-order valence-electron chi connectivity index (χ0n) is 26.9. The minimum Gasteiger partial charge on any atom is -0.462 e. The highest BCUT2D eigenvalue weighted by Gasteiger charge is 2.51. The summed E-state index contributed by atoms with van der Waals surface area (Å²) in [6.07, 6.45) is 7.29. The van der Waals surface area contributed by atoms with Crippen molar-refractivity contribution in [1.82, 2.24) is 0 Å². The Morgan fingerprint density at radius 1 is 0.689 bits per heavy atom. The van der Waals surface area contributed by atoms with E-state index in [-0.39, 0.29) is 12.8 Å². The van der Waals surface area contributed by atoms with Crippen molar-refractivity contribution in [1.29, 1.82) is 0 Å². The van der Waals surface area contributed by atoms with Crippen LogP contribution in [0.1, 0.15) is 117 Å². The number of phosphoric acid groups is 1. The van der Waals surface area contributed by atoms with Crippen molar-refractivity contribution in [3.63, 3.8) is 0 Å². The zero-order chi connectivity index (χ0) is 33.7. The zero-order valence-corrected chi connectivity index (χ0v) is 27.8. The molecule has 0 spiro atoms. The molecule has 1 saturated carbocycles. The summed E-state index contributed by atoms with van der Waals surface area (Å²) >= 11 is 0. The minimum atomic E-state index is -5.08. The van der Waals surface area contributed by atoms with Crippen LogP contribution in [0.3, 0.4) is 0 Å². The molecular weight excluding hydrogens is 611 g/mol. The van der Waals surface area contributed by atoms with Gasteiger partial charge >= 0.3 is 19.8 Å². The Hall–Kier alpha value is -1.41. The van der Waals surface area contributed by atoms with Gasteiger partial charge in [0.2, 0.25) is 0 Å². The fourth-order valence-corrected chi connectivity index (χ4v) is 5.82. The highest BCUT2D eigenvalue weighted by atomic mass is 31.2. The van der Waals surface area contributed by atoms with Gasteiger partial charge in [-0.15, -0.1) is 0 Å². The van der Waals surface area contributed by atoms with E-state index in [1.807, 2.05) is 0 Å². The Morgan fingerprint density at radius 2 is 1.18 bits per heavy atom. The van der Waals surface area contributed by atoms with E-state index in [1.54, 1.807) is 6.92 Å². The van der Waals surface area contributed by atoms with E-state index in [2.05, 4.69) is 19.1 Å². The SMILES string of the molecule is CCCCCCCCC/C=C\CCCCCCCC(=O)OC(COC(=O)CC)COP(=O)(O)OC1C(O)C(O)C(O)C(O)C1O. The first kappa shape index (κ1) is 41.6. The van der Waals surface area contributed by atoms with Crippen LogP contribution in [-0.2, 0) is 32.7 Å². The Balaban J connectivity index is 2.36. The molecule has 13 nitrogen and oxygen atoms in total. The normalized spacial score (nSPS) is 25.6. The molecule has 1 aliphatic rings. The summed E-state index contributed by atoms with van der Waals surface area (Å²) in [6.45, 7) is 2.59. The van der Waals surface area contributed by atoms with Crippen molar-refractivity contribution >= 4 is 19.8 Å². The van der Waals surface area contributed by atoms with Crippen molar-refractivity contribution < 1.29 is 63.1 Å². The first-order valence-electron chi connectivity index (χ1n) is 16.5. The van der Waals surface area contributed by atoms with E-state index in [1.165, 1.54) is 44.9 Å². The third-order valence-corrected chi connectivity index (χ3v) is 8.65. The Kier molecular flexibility index (Phi) is 22.0. The molecule has 45 heavy (non-hydrogen) atoms. The first-order valence-corrected chi connectivity index (χ1v) is 18.0. The van der Waals surface area contributed by atoms with Gasteiger partial charge in [0.05, 0.1) is 6.61 Å². The molecule has 6 unspecified atom stereocenters. The summed E-state index contributed by atoms with van der Waals surface area (Å²) in [7, 11) is -5.08. The van der Waals surface area contributed by atoms with E-state index < -0.39 is 75.7 Å². The fourth-order valence-electron chi connectivity index (χ4n) is 4.85. The van der Waals surface area contributed by atoms with Crippen LogP contribution in [-0.4, -0.2) is 98.3 Å². The van der Waals surface area contributed by atoms with Gasteiger partial charge in [-0.2, -0.15) is 0 Å². The van der Waals surface area contributed by atoms with E-state index in [4.69, 9.17) is 18.5 Å². The molecule has 1 aliphatic carbocycles. The summed E-state index contributed by atoms with van der Waals surface area (Å²) < 4.78 is 32.4. The number of carbonyl (C=O) groups is 2. The van der Waals surface area contributed by atoms with Crippen molar-refractivity contribution in [3.8, 4) is 0 Å². The van der Waals surface area contributed by atoms with Gasteiger partial charge in [0, 0.05) is 12.8 Å². The summed E-state index contributed by atoms with van der Waals surface area (Å²) in [4.78, 5) is 34.1. The van der Waals surface area contributed by atoms with Crippen molar-refractivity contribution in [2.45, 2.75) is 159 Å². The maximum atomic E-state index is 12.5. The second-order valence-electron chi connectivity index (χ2n) is 11.6. The van der Waals surface area contributed by atoms with Crippen LogP contribution in [0.2, 0.25) is 0 Å². The molecule has 1 fully saturated rings. The van der Waals surface area contributed by atoms with E-state index in [0.717, 1.165) is 38.5 Å². The number of allylic oxidation sites excluding steroid dienone is 2. The average Bonchev–Trinajstić information content (AvgIpc) is 3.02. The van der Waals surface area contributed by atoms with Gasteiger partial charge in [0.1, 0.15) is 43.2 Å². The molecule has 0 aromatic carbocycles. The number of rotatable bonds is 25. The summed E-state index contributed by atoms with van der Waals surface area (Å²) in [5.74, 6) is -1.21. The topological polar surface area (TPSA) is 210 Å². The molecule has 0 aromatic rings. The monoisotopic (exact) mass is 668 g/mol. The number of unbranched alkanes of at least 4 members (excludes halogenated alkanes) is 12. The van der Waals surface area contributed by atoms with Gasteiger partial charge in [0.25, 0.3) is 0 Å². The average molecular weight is 669 g/mol. The molecule has 0 saturated heterocycles. The number of phosphoric ester groups is 1. The predicted molar refractivity (Wildman–Crippen MR) is 166 cm³/mol. The van der Waals surface area contributed by atoms with Crippen LogP contribution in [0.25, 0.3) is 0 Å². The number of aliphatic hydroxyl groups excluding tert-OH is 5. The lowest BCUT2D eigenvalue weighted by atomic mass is 9.85. The van der Waals surface area contributed by atoms with Crippen LogP contribution in [0.4, 0.5) is 0 Å². The fraction of sp³-hybridized carbons (Fsp3) is 0.871. The molecular formula is C31H57O13P. The largest absolute Gasteiger partial charge is 0.472 e. The molecule has 6 atom stereocenters. The Labute approximate surface area is 267 Å². The van der Waals surface area contributed by atoms with E-state index >= 15 is 0 Å². The highest BCUT2D eigenvalue weighted by Crippen LogP contribution is 2.47. The van der Waals surface area contributed by atoms with Gasteiger partial charge in [-0.05, 0) is 32.1 Å². The van der Waals surface area contributed by atoms with E-state index in [9.17, 15) is 44.6 Å². The van der Waals surface area contributed by atoms with Crippen molar-refractivity contribution in [2.75, 3.05) is 13.2 Å². The number of hydrogen-bond acceptors (Lipinski definition) is 12. The quantitative estimate of drug-likeness (QED) is 0.0356. The minimum absolute atomic E-state index is 0.0477. The van der Waals surface area contributed by atoms with Crippen LogP contribution in [0.15, 0.2) is 12.2 Å². The second kappa shape index (κ2) is 23.8. The number of hydrogen-bond donors (Lipinski definition) is 6. The summed E-state index contributed by atoms with van der Waals surface area (Å²) in [6, 6.07) is 0. The van der Waals surface area contributed by atoms with Crippen molar-refractivity contribution in [2.24, 2.45) is 0 Å². The molecule has 0 radical (unpaired) electrons. The van der Waals surface area contributed by atoms with Crippen LogP contribution < -0.4 is 0 Å². The molecule has 264 valence electrons.